The van der Waals surface area contributed by atoms with Gasteiger partial charge >= 0.3 is 0 Å². The zero-order chi connectivity index (χ0) is 14.0. The Morgan fingerprint density at radius 3 is 2.74 bits per heavy atom. The topological polar surface area (TPSA) is 29.3 Å². The van der Waals surface area contributed by atoms with Crippen molar-refractivity contribution in [1.82, 2.24) is 4.90 Å². The predicted molar refractivity (Wildman–Crippen MR) is 82.9 cm³/mol. The van der Waals surface area contributed by atoms with Gasteiger partial charge < -0.3 is 5.73 Å². The first-order valence-electron chi connectivity index (χ1n) is 7.00. The van der Waals surface area contributed by atoms with Crippen LogP contribution in [0.5, 0.6) is 0 Å². The smallest absolute Gasteiger partial charge is 0.0491 e. The zero-order valence-corrected chi connectivity index (χ0v) is 13.1. The van der Waals surface area contributed by atoms with Crippen molar-refractivity contribution in [3.63, 3.8) is 0 Å². The molecule has 1 saturated heterocycles. The van der Waals surface area contributed by atoms with Crippen LogP contribution >= 0.6 is 23.2 Å². The molecule has 2 rings (SSSR count). The van der Waals surface area contributed by atoms with Gasteiger partial charge in [0.25, 0.3) is 0 Å². The molecule has 3 atom stereocenters. The van der Waals surface area contributed by atoms with Crippen molar-refractivity contribution >= 4 is 23.2 Å². The number of nitrogens with zero attached hydrogens (tertiary/aromatic N) is 1. The number of halogens is 2. The summed E-state index contributed by atoms with van der Waals surface area (Å²) >= 11 is 12.5. The molecule has 1 aliphatic rings. The zero-order valence-electron chi connectivity index (χ0n) is 11.6. The van der Waals surface area contributed by atoms with Crippen molar-refractivity contribution < 1.29 is 0 Å². The second-order valence-corrected chi connectivity index (χ2v) is 6.20. The fraction of sp³-hybridized carbons (Fsp3) is 0.600. The average Bonchev–Trinajstić information content (AvgIpc) is 2.76. The van der Waals surface area contributed by atoms with Crippen molar-refractivity contribution in [2.24, 2.45) is 5.73 Å². The Kier molecular flexibility index (Phi) is 5.13. The summed E-state index contributed by atoms with van der Waals surface area (Å²) < 4.78 is 0. The van der Waals surface area contributed by atoms with E-state index in [1.54, 1.807) is 0 Å². The molecule has 3 unspecified atom stereocenters. The molecule has 0 bridgehead atoms. The van der Waals surface area contributed by atoms with Crippen LogP contribution < -0.4 is 5.73 Å². The Balaban J connectivity index is 2.35. The quantitative estimate of drug-likeness (QED) is 0.900. The molecule has 1 heterocycles. The van der Waals surface area contributed by atoms with Crippen molar-refractivity contribution in [1.29, 1.82) is 0 Å². The fourth-order valence-electron chi connectivity index (χ4n) is 3.25. The van der Waals surface area contributed by atoms with E-state index >= 15 is 0 Å². The summed E-state index contributed by atoms with van der Waals surface area (Å²) in [5, 5.41) is 1.48. The van der Waals surface area contributed by atoms with Crippen LogP contribution in [0.2, 0.25) is 10.0 Å². The lowest BCUT2D eigenvalue weighted by Crippen LogP contribution is -2.41. The van der Waals surface area contributed by atoms with Gasteiger partial charge in [-0.15, -0.1) is 0 Å². The Bertz CT molecular complexity index is 436. The third kappa shape index (κ3) is 3.08. The molecule has 1 aromatic rings. The molecule has 0 saturated carbocycles. The molecular weight excluding hydrogens is 279 g/mol. The van der Waals surface area contributed by atoms with Gasteiger partial charge in [-0.2, -0.15) is 0 Å². The number of hydrogen-bond donors (Lipinski definition) is 1. The molecule has 0 aromatic heterocycles. The summed E-state index contributed by atoms with van der Waals surface area (Å²) in [7, 11) is 0. The Labute approximate surface area is 125 Å². The second-order valence-electron chi connectivity index (χ2n) is 5.35. The molecule has 1 aliphatic heterocycles. The molecule has 2 N–H and O–H groups in total. The van der Waals surface area contributed by atoms with E-state index < -0.39 is 0 Å². The van der Waals surface area contributed by atoms with Gasteiger partial charge in [0, 0.05) is 34.7 Å². The molecule has 0 radical (unpaired) electrons. The number of likely N-dealkylation sites (tertiary alicyclic amines) is 1. The molecular formula is C15H22Cl2N2. The van der Waals surface area contributed by atoms with E-state index in [-0.39, 0.29) is 6.04 Å². The highest BCUT2D eigenvalue weighted by Gasteiger charge is 2.35. The first kappa shape index (κ1) is 15.1. The number of benzene rings is 1. The van der Waals surface area contributed by atoms with Gasteiger partial charge in [0.2, 0.25) is 0 Å². The first-order valence-corrected chi connectivity index (χ1v) is 7.76. The average molecular weight is 301 g/mol. The highest BCUT2D eigenvalue weighted by atomic mass is 35.5. The summed E-state index contributed by atoms with van der Waals surface area (Å²) in [5.74, 6) is 0. The lowest BCUT2D eigenvalue weighted by molar-refractivity contribution is 0.137. The van der Waals surface area contributed by atoms with Crippen molar-refractivity contribution in [3.8, 4) is 0 Å². The van der Waals surface area contributed by atoms with Gasteiger partial charge in [0.1, 0.15) is 0 Å². The van der Waals surface area contributed by atoms with Gasteiger partial charge in [-0.25, -0.2) is 0 Å². The largest absolute Gasteiger partial charge is 0.329 e. The van der Waals surface area contributed by atoms with Crippen LogP contribution in [0.3, 0.4) is 0 Å². The minimum atomic E-state index is 0.161. The van der Waals surface area contributed by atoms with E-state index in [1.165, 1.54) is 12.8 Å². The summed E-state index contributed by atoms with van der Waals surface area (Å²) in [6.45, 7) is 5.08. The molecule has 4 heteroatoms. The Morgan fingerprint density at radius 2 is 2.11 bits per heavy atom. The lowest BCUT2D eigenvalue weighted by atomic mass is 10.0. The second kappa shape index (κ2) is 6.45. The molecule has 19 heavy (non-hydrogen) atoms. The third-order valence-electron chi connectivity index (χ3n) is 4.22. The molecule has 0 spiro atoms. The third-order valence-corrected chi connectivity index (χ3v) is 4.80. The predicted octanol–water partition coefficient (Wildman–Crippen LogP) is 4.26. The van der Waals surface area contributed by atoms with Gasteiger partial charge in [0.15, 0.2) is 0 Å². The van der Waals surface area contributed by atoms with Gasteiger partial charge in [0.05, 0.1) is 0 Å². The monoisotopic (exact) mass is 300 g/mol. The number of hydrogen-bond acceptors (Lipinski definition) is 2. The summed E-state index contributed by atoms with van der Waals surface area (Å²) in [4.78, 5) is 2.53. The summed E-state index contributed by atoms with van der Waals surface area (Å²) in [6.07, 6.45) is 3.62. The standard InChI is InChI=1S/C15H22Cl2N2/c1-3-12-6-4-10(2)19(12)15(9-18)13-8-11(16)5-7-14(13)17/h5,7-8,10,12,15H,3-4,6,9,18H2,1-2H3. The van der Waals surface area contributed by atoms with Gasteiger partial charge in [-0.3, -0.25) is 4.90 Å². The molecule has 2 nitrogen and oxygen atoms in total. The van der Waals surface area contributed by atoms with E-state index in [9.17, 15) is 0 Å². The number of rotatable bonds is 4. The normalized spacial score (nSPS) is 25.7. The molecule has 0 amide bonds. The van der Waals surface area contributed by atoms with Crippen LogP contribution in [-0.2, 0) is 0 Å². The van der Waals surface area contributed by atoms with Crippen LogP contribution in [0.1, 0.15) is 44.7 Å². The lowest BCUT2D eigenvalue weighted by Gasteiger charge is -2.36. The van der Waals surface area contributed by atoms with Crippen LogP contribution in [0.4, 0.5) is 0 Å². The molecule has 106 valence electrons. The highest BCUT2D eigenvalue weighted by molar-refractivity contribution is 6.33. The maximum atomic E-state index is 6.35. The van der Waals surface area contributed by atoms with E-state index in [0.29, 0.717) is 18.6 Å². The van der Waals surface area contributed by atoms with Gasteiger partial charge in [-0.05, 0) is 49.9 Å². The van der Waals surface area contributed by atoms with E-state index in [2.05, 4.69) is 18.7 Å². The van der Waals surface area contributed by atoms with Crippen LogP contribution in [0.15, 0.2) is 18.2 Å². The van der Waals surface area contributed by atoms with E-state index in [4.69, 9.17) is 28.9 Å². The fourth-order valence-corrected chi connectivity index (χ4v) is 3.67. The summed E-state index contributed by atoms with van der Waals surface area (Å²) in [6, 6.07) is 6.95. The van der Waals surface area contributed by atoms with E-state index in [0.717, 1.165) is 22.0 Å². The van der Waals surface area contributed by atoms with E-state index in [1.807, 2.05) is 18.2 Å². The van der Waals surface area contributed by atoms with Crippen LogP contribution in [0, 0.1) is 0 Å². The summed E-state index contributed by atoms with van der Waals surface area (Å²) in [5.41, 5.74) is 7.10. The molecule has 0 aliphatic carbocycles. The maximum absolute atomic E-state index is 6.35. The van der Waals surface area contributed by atoms with Crippen molar-refractivity contribution in [2.45, 2.75) is 51.2 Å². The Hall–Kier alpha value is -0.280. The van der Waals surface area contributed by atoms with Gasteiger partial charge in [-0.1, -0.05) is 30.1 Å². The van der Waals surface area contributed by atoms with Crippen molar-refractivity contribution in [2.75, 3.05) is 6.54 Å². The maximum Gasteiger partial charge on any atom is 0.0491 e. The molecule has 1 aromatic carbocycles. The minimum Gasteiger partial charge on any atom is -0.329 e. The van der Waals surface area contributed by atoms with Crippen molar-refractivity contribution in [3.05, 3.63) is 33.8 Å². The first-order chi connectivity index (χ1) is 9.08. The highest BCUT2D eigenvalue weighted by Crippen LogP contribution is 2.37. The molecule has 1 fully saturated rings. The Morgan fingerprint density at radius 1 is 1.37 bits per heavy atom. The van der Waals surface area contributed by atoms with Crippen LogP contribution in [-0.4, -0.2) is 23.5 Å². The SMILES string of the molecule is CCC1CCC(C)N1C(CN)c1cc(Cl)ccc1Cl. The number of nitrogens with two attached hydrogens (primary N) is 1. The minimum absolute atomic E-state index is 0.161. The van der Waals surface area contributed by atoms with Crippen LogP contribution in [0.25, 0.3) is 0 Å².